The molecule has 0 N–H and O–H groups in total. The van der Waals surface area contributed by atoms with Crippen molar-refractivity contribution in [3.63, 3.8) is 0 Å². The summed E-state index contributed by atoms with van der Waals surface area (Å²) in [6.07, 6.45) is 7.34. The van der Waals surface area contributed by atoms with E-state index in [0.29, 0.717) is 0 Å². The Morgan fingerprint density at radius 3 is 2.55 bits per heavy atom. The predicted octanol–water partition coefficient (Wildman–Crippen LogP) is 3.61. The van der Waals surface area contributed by atoms with Crippen LogP contribution in [-0.2, 0) is 10.0 Å². The molecule has 0 fully saturated rings. The number of hydrogen-bond acceptors (Lipinski definition) is 7. The molecule has 0 radical (unpaired) electrons. The first-order chi connectivity index (χ1) is 14.0. The third-order valence-electron chi connectivity index (χ3n) is 4.14. The van der Waals surface area contributed by atoms with Crippen molar-refractivity contribution >= 4 is 43.9 Å². The first-order valence-corrected chi connectivity index (χ1v) is 10.2. The second kappa shape index (κ2) is 7.61. The van der Waals surface area contributed by atoms with Gasteiger partial charge >= 0.3 is 0 Å². The summed E-state index contributed by atoms with van der Waals surface area (Å²) >= 11 is 6.10. The van der Waals surface area contributed by atoms with Crippen LogP contribution in [0.5, 0.6) is 5.88 Å². The minimum absolute atomic E-state index is 0.0665. The summed E-state index contributed by atoms with van der Waals surface area (Å²) in [5.41, 5.74) is 0.133. The van der Waals surface area contributed by atoms with Gasteiger partial charge in [0, 0.05) is 36.2 Å². The summed E-state index contributed by atoms with van der Waals surface area (Å²) in [7, 11) is -2.71. The molecule has 0 bridgehead atoms. The molecule has 0 atom stereocenters. The second-order valence-corrected chi connectivity index (χ2v) is 8.13. The van der Waals surface area contributed by atoms with Crippen LogP contribution in [0.1, 0.15) is 0 Å². The zero-order valence-corrected chi connectivity index (χ0v) is 16.7. The fourth-order valence-corrected chi connectivity index (χ4v) is 4.45. The molecular weight excluding hydrogens is 414 g/mol. The van der Waals surface area contributed by atoms with E-state index in [-0.39, 0.29) is 27.3 Å². The number of hydrogen-bond donors (Lipinski definition) is 0. The maximum atomic E-state index is 13.7. The van der Waals surface area contributed by atoms with E-state index in [9.17, 15) is 8.42 Å². The summed E-state index contributed by atoms with van der Waals surface area (Å²) in [6.45, 7) is 0. The smallest absolute Gasteiger partial charge is 0.270 e. The third kappa shape index (κ3) is 3.57. The van der Waals surface area contributed by atoms with Crippen LogP contribution in [0, 0.1) is 0 Å². The Balaban J connectivity index is 1.96. The van der Waals surface area contributed by atoms with Crippen LogP contribution in [0.3, 0.4) is 0 Å². The van der Waals surface area contributed by atoms with Gasteiger partial charge < -0.3 is 4.74 Å². The molecule has 0 unspecified atom stereocenters. The normalized spacial score (nSPS) is 11.4. The molecule has 3 heterocycles. The number of rotatable bonds is 5. The SMILES string of the molecule is COc1ncc(Cl)cc1N(c1ccncn1)S(=O)(=O)c1ccc2cnccc2c1. The predicted molar refractivity (Wildman–Crippen MR) is 109 cm³/mol. The van der Waals surface area contributed by atoms with Gasteiger partial charge in [-0.2, -0.15) is 0 Å². The van der Waals surface area contributed by atoms with Gasteiger partial charge in [0.15, 0.2) is 5.82 Å². The molecule has 4 aromatic rings. The van der Waals surface area contributed by atoms with Crippen LogP contribution >= 0.6 is 11.6 Å². The summed E-state index contributed by atoms with van der Waals surface area (Å²) in [5.74, 6) is 0.207. The van der Waals surface area contributed by atoms with E-state index in [2.05, 4.69) is 19.9 Å². The number of aromatic nitrogens is 4. The second-order valence-electron chi connectivity index (χ2n) is 5.90. The van der Waals surface area contributed by atoms with Crippen LogP contribution in [0.25, 0.3) is 10.8 Å². The number of methoxy groups -OCH3 is 1. The zero-order valence-electron chi connectivity index (χ0n) is 15.1. The van der Waals surface area contributed by atoms with Gasteiger partial charge in [-0.3, -0.25) is 4.98 Å². The highest BCUT2D eigenvalue weighted by atomic mass is 35.5. The highest BCUT2D eigenvalue weighted by molar-refractivity contribution is 7.93. The van der Waals surface area contributed by atoms with Gasteiger partial charge in [-0.05, 0) is 29.7 Å². The maximum absolute atomic E-state index is 13.7. The lowest BCUT2D eigenvalue weighted by atomic mass is 10.2. The standard InChI is InChI=1S/C19H14ClN5O3S/c1-28-19-17(9-15(20)11-23-19)25(18-5-7-22-12-24-18)29(26,27)16-3-2-14-10-21-6-4-13(14)8-16/h2-12H,1H3. The van der Waals surface area contributed by atoms with Crippen LogP contribution in [-0.4, -0.2) is 35.5 Å². The molecule has 1 aromatic carbocycles. The minimum Gasteiger partial charge on any atom is -0.479 e. The molecule has 0 spiro atoms. The fraction of sp³-hybridized carbons (Fsp3) is 0.0526. The van der Waals surface area contributed by atoms with Crippen molar-refractivity contribution in [2.45, 2.75) is 4.90 Å². The molecule has 10 heteroatoms. The summed E-state index contributed by atoms with van der Waals surface area (Å²) in [4.78, 5) is 16.2. The molecule has 8 nitrogen and oxygen atoms in total. The van der Waals surface area contributed by atoms with Gasteiger partial charge in [0.25, 0.3) is 10.0 Å². The van der Waals surface area contributed by atoms with Gasteiger partial charge in [-0.15, -0.1) is 0 Å². The Hall–Kier alpha value is -3.30. The average Bonchev–Trinajstić information content (AvgIpc) is 2.74. The van der Waals surface area contributed by atoms with Crippen LogP contribution < -0.4 is 9.04 Å². The average molecular weight is 428 g/mol. The van der Waals surface area contributed by atoms with E-state index in [0.717, 1.165) is 15.1 Å². The van der Waals surface area contributed by atoms with Crippen LogP contribution in [0.15, 0.2) is 72.4 Å². The van der Waals surface area contributed by atoms with E-state index in [4.69, 9.17) is 16.3 Å². The number of pyridine rings is 2. The zero-order chi connectivity index (χ0) is 20.4. The van der Waals surface area contributed by atoms with Gasteiger partial charge in [-0.25, -0.2) is 27.7 Å². The van der Waals surface area contributed by atoms with E-state index >= 15 is 0 Å². The van der Waals surface area contributed by atoms with Gasteiger partial charge in [0.05, 0.1) is 17.0 Å². The van der Waals surface area contributed by atoms with Crippen molar-refractivity contribution in [3.8, 4) is 5.88 Å². The van der Waals surface area contributed by atoms with Crippen LogP contribution in [0.2, 0.25) is 5.02 Å². The Kier molecular flexibility index (Phi) is 4.99. The molecule has 0 saturated heterocycles. The number of benzene rings is 1. The Bertz CT molecular complexity index is 1290. The first-order valence-electron chi connectivity index (χ1n) is 8.35. The molecule has 0 aliphatic rings. The quantitative estimate of drug-likeness (QED) is 0.479. The fourth-order valence-electron chi connectivity index (χ4n) is 2.83. The third-order valence-corrected chi connectivity index (χ3v) is 6.06. The molecular formula is C19H14ClN5O3S. The summed E-state index contributed by atoms with van der Waals surface area (Å²) in [5, 5.41) is 1.81. The topological polar surface area (TPSA) is 98.2 Å². The molecule has 146 valence electrons. The Morgan fingerprint density at radius 2 is 1.79 bits per heavy atom. The van der Waals surface area contributed by atoms with Crippen molar-refractivity contribution in [1.82, 2.24) is 19.9 Å². The van der Waals surface area contributed by atoms with E-state index in [1.54, 1.807) is 30.6 Å². The Labute approximate surface area is 171 Å². The largest absolute Gasteiger partial charge is 0.479 e. The monoisotopic (exact) mass is 427 g/mol. The van der Waals surface area contributed by atoms with Gasteiger partial charge in [-0.1, -0.05) is 17.7 Å². The number of halogens is 1. The highest BCUT2D eigenvalue weighted by Gasteiger charge is 2.31. The Morgan fingerprint density at radius 1 is 0.966 bits per heavy atom. The molecule has 0 amide bonds. The van der Waals surface area contributed by atoms with Crippen molar-refractivity contribution in [2.24, 2.45) is 0 Å². The van der Waals surface area contributed by atoms with Gasteiger partial charge in [0.1, 0.15) is 12.0 Å². The number of anilines is 2. The van der Waals surface area contributed by atoms with E-state index in [1.807, 2.05) is 0 Å². The number of fused-ring (bicyclic) bond motifs is 1. The van der Waals surface area contributed by atoms with Crippen molar-refractivity contribution in [3.05, 3.63) is 72.5 Å². The van der Waals surface area contributed by atoms with E-state index in [1.165, 1.54) is 44.0 Å². The number of sulfonamides is 1. The lowest BCUT2D eigenvalue weighted by molar-refractivity contribution is 0.399. The molecule has 3 aromatic heterocycles. The molecule has 4 rings (SSSR count). The molecule has 29 heavy (non-hydrogen) atoms. The van der Waals surface area contributed by atoms with E-state index < -0.39 is 10.0 Å². The lowest BCUT2D eigenvalue weighted by Gasteiger charge is -2.24. The molecule has 0 aliphatic heterocycles. The van der Waals surface area contributed by atoms with Gasteiger partial charge in [0.2, 0.25) is 5.88 Å². The molecule has 0 saturated carbocycles. The van der Waals surface area contributed by atoms with Crippen molar-refractivity contribution < 1.29 is 13.2 Å². The van der Waals surface area contributed by atoms with Crippen molar-refractivity contribution in [2.75, 3.05) is 11.4 Å². The van der Waals surface area contributed by atoms with Crippen molar-refractivity contribution in [1.29, 1.82) is 0 Å². The summed E-state index contributed by atoms with van der Waals surface area (Å²) < 4.78 is 33.7. The molecule has 0 aliphatic carbocycles. The number of nitrogens with zero attached hydrogens (tertiary/aromatic N) is 5. The maximum Gasteiger partial charge on any atom is 0.270 e. The lowest BCUT2D eigenvalue weighted by Crippen LogP contribution is -2.27. The number of ether oxygens (including phenoxy) is 1. The summed E-state index contributed by atoms with van der Waals surface area (Å²) in [6, 6.07) is 9.45. The highest BCUT2D eigenvalue weighted by Crippen LogP contribution is 2.38. The first kappa shape index (κ1) is 19.0. The van der Waals surface area contributed by atoms with Crippen LogP contribution in [0.4, 0.5) is 11.5 Å². The minimum atomic E-state index is -4.10.